The number of imide groups is 1. The molecule has 1 aromatic carbocycles. The molecule has 0 saturated carbocycles. The van der Waals surface area contributed by atoms with Crippen molar-refractivity contribution in [2.45, 2.75) is 18.1 Å². The second-order valence-electron chi connectivity index (χ2n) is 5.67. The lowest BCUT2D eigenvalue weighted by Gasteiger charge is -2.08. The molecule has 2 N–H and O–H groups in total. The molecule has 0 aliphatic carbocycles. The first kappa shape index (κ1) is 17.9. The Morgan fingerprint density at radius 3 is 2.54 bits per heavy atom. The molecule has 1 aliphatic heterocycles. The summed E-state index contributed by atoms with van der Waals surface area (Å²) in [5, 5.41) is 10.4. The lowest BCUT2D eigenvalue weighted by molar-refractivity contribution is -0.118. The fourth-order valence-electron chi connectivity index (χ4n) is 2.44. The summed E-state index contributed by atoms with van der Waals surface area (Å²) in [6.07, 6.45) is 2.37. The summed E-state index contributed by atoms with van der Waals surface area (Å²) < 4.78 is 5.66. The van der Waals surface area contributed by atoms with Crippen LogP contribution in [0.5, 0.6) is 5.75 Å². The second-order valence-corrected chi connectivity index (χ2v) is 6.85. The lowest BCUT2D eigenvalue weighted by Crippen LogP contribution is -2.25. The van der Waals surface area contributed by atoms with Gasteiger partial charge in [-0.25, -0.2) is 4.79 Å². The fraction of sp³-hybridized carbons (Fsp3) is 0.222. The molecule has 7 nitrogen and oxygen atoms in total. The molecular weight excluding hydrogens is 356 g/mol. The van der Waals surface area contributed by atoms with Crippen molar-refractivity contribution in [2.24, 2.45) is 0 Å². The van der Waals surface area contributed by atoms with Crippen LogP contribution >= 0.6 is 11.8 Å². The molecule has 2 amide bonds. The average molecular weight is 372 g/mol. The van der Waals surface area contributed by atoms with Crippen molar-refractivity contribution in [3.63, 3.8) is 0 Å². The van der Waals surface area contributed by atoms with Gasteiger partial charge in [-0.05, 0) is 36.2 Å². The quantitative estimate of drug-likeness (QED) is 0.768. The number of thioether (sulfide) groups is 1. The van der Waals surface area contributed by atoms with Gasteiger partial charge in [0.1, 0.15) is 5.75 Å². The van der Waals surface area contributed by atoms with E-state index >= 15 is 0 Å². The van der Waals surface area contributed by atoms with E-state index in [1.807, 2.05) is 24.3 Å². The van der Waals surface area contributed by atoms with Crippen LogP contribution in [0.15, 0.2) is 42.6 Å². The monoisotopic (exact) mass is 372 g/mol. The summed E-state index contributed by atoms with van der Waals surface area (Å²) in [6, 6.07) is 10.5. The van der Waals surface area contributed by atoms with Crippen LogP contribution in [0.25, 0.3) is 0 Å². The molecule has 0 unspecified atom stereocenters. The van der Waals surface area contributed by atoms with Crippen molar-refractivity contribution in [1.82, 2.24) is 10.3 Å². The molecule has 1 saturated heterocycles. The molecule has 1 aromatic heterocycles. The van der Waals surface area contributed by atoms with E-state index in [1.54, 1.807) is 6.07 Å². The molecule has 0 radical (unpaired) electrons. The molecule has 2 aromatic rings. The van der Waals surface area contributed by atoms with Crippen LogP contribution in [-0.2, 0) is 17.6 Å². The van der Waals surface area contributed by atoms with Crippen LogP contribution in [-0.4, -0.2) is 39.1 Å². The van der Waals surface area contributed by atoms with Crippen molar-refractivity contribution >= 4 is 28.9 Å². The topological polar surface area (TPSA) is 106 Å². The Morgan fingerprint density at radius 1 is 1.19 bits per heavy atom. The molecule has 0 spiro atoms. The number of carboxylic acids is 1. The van der Waals surface area contributed by atoms with E-state index in [0.717, 1.165) is 23.0 Å². The van der Waals surface area contributed by atoms with Crippen LogP contribution in [0.3, 0.4) is 0 Å². The van der Waals surface area contributed by atoms with Crippen molar-refractivity contribution in [3.05, 3.63) is 59.4 Å². The van der Waals surface area contributed by atoms with Crippen molar-refractivity contribution in [1.29, 1.82) is 0 Å². The maximum absolute atomic E-state index is 11.6. The number of hydrogen-bond acceptors (Lipinski definition) is 6. The smallest absolute Gasteiger partial charge is 0.337 e. The van der Waals surface area contributed by atoms with Gasteiger partial charge in [-0.15, -0.1) is 0 Å². The molecule has 2 heterocycles. The number of aromatic nitrogens is 1. The highest BCUT2D eigenvalue weighted by atomic mass is 32.2. The maximum Gasteiger partial charge on any atom is 0.337 e. The van der Waals surface area contributed by atoms with Gasteiger partial charge in [0.25, 0.3) is 5.24 Å². The molecule has 8 heteroatoms. The fourth-order valence-corrected chi connectivity index (χ4v) is 3.30. The van der Waals surface area contributed by atoms with Crippen LogP contribution < -0.4 is 10.1 Å². The van der Waals surface area contributed by atoms with Gasteiger partial charge < -0.3 is 9.84 Å². The minimum atomic E-state index is -1.00. The second kappa shape index (κ2) is 8.01. The van der Waals surface area contributed by atoms with E-state index in [0.29, 0.717) is 25.2 Å². The summed E-state index contributed by atoms with van der Waals surface area (Å²) in [4.78, 5) is 37.6. The van der Waals surface area contributed by atoms with Crippen LogP contribution in [0.1, 0.15) is 21.6 Å². The number of nitrogens with zero attached hydrogens (tertiary/aromatic N) is 1. The van der Waals surface area contributed by atoms with Gasteiger partial charge in [0.05, 0.1) is 17.4 Å². The Hall–Kier alpha value is -2.87. The van der Waals surface area contributed by atoms with Gasteiger partial charge in [0.15, 0.2) is 0 Å². The van der Waals surface area contributed by atoms with Crippen molar-refractivity contribution in [2.75, 3.05) is 6.61 Å². The zero-order valence-corrected chi connectivity index (χ0v) is 14.5. The molecular formula is C18H16N2O5S. The highest BCUT2D eigenvalue weighted by Crippen LogP contribution is 2.23. The summed E-state index contributed by atoms with van der Waals surface area (Å²) in [6.45, 7) is 0.411. The highest BCUT2D eigenvalue weighted by Gasteiger charge is 2.31. The zero-order valence-electron chi connectivity index (χ0n) is 13.7. The summed E-state index contributed by atoms with van der Waals surface area (Å²) >= 11 is 1.01. The minimum Gasteiger partial charge on any atom is -0.493 e. The molecule has 26 heavy (non-hydrogen) atoms. The third kappa shape index (κ3) is 4.60. The number of rotatable bonds is 7. The highest BCUT2D eigenvalue weighted by molar-refractivity contribution is 8.15. The van der Waals surface area contributed by atoms with Crippen LogP contribution in [0.4, 0.5) is 4.79 Å². The number of amides is 2. The Bertz CT molecular complexity index is 820. The predicted molar refractivity (Wildman–Crippen MR) is 95.5 cm³/mol. The largest absolute Gasteiger partial charge is 0.493 e. The summed E-state index contributed by atoms with van der Waals surface area (Å²) in [5.41, 5.74) is 1.85. The first-order valence-corrected chi connectivity index (χ1v) is 8.80. The Labute approximate surface area is 153 Å². The number of ether oxygens (including phenoxy) is 1. The van der Waals surface area contributed by atoms with Gasteiger partial charge in [-0.2, -0.15) is 0 Å². The van der Waals surface area contributed by atoms with Crippen LogP contribution in [0.2, 0.25) is 0 Å². The number of hydrogen-bond donors (Lipinski definition) is 2. The van der Waals surface area contributed by atoms with Gasteiger partial charge in [0.2, 0.25) is 5.91 Å². The average Bonchev–Trinajstić information content (AvgIpc) is 2.94. The Morgan fingerprint density at radius 2 is 1.96 bits per heavy atom. The number of aromatic carboxylic acids is 1. The van der Waals surface area contributed by atoms with Gasteiger partial charge in [-0.1, -0.05) is 23.9 Å². The zero-order chi connectivity index (χ0) is 18.5. The maximum atomic E-state index is 11.6. The molecule has 134 valence electrons. The van der Waals surface area contributed by atoms with E-state index in [9.17, 15) is 14.4 Å². The number of benzene rings is 1. The molecule has 0 bridgehead atoms. The van der Waals surface area contributed by atoms with Gasteiger partial charge in [0, 0.05) is 18.3 Å². The minimum absolute atomic E-state index is 0.154. The first-order chi connectivity index (χ1) is 12.5. The van der Waals surface area contributed by atoms with E-state index < -0.39 is 5.97 Å². The van der Waals surface area contributed by atoms with Gasteiger partial charge in [-0.3, -0.25) is 19.9 Å². The number of nitrogens with one attached hydrogen (secondary N) is 1. The number of carboxylic acid groups (broad SMARTS) is 1. The SMILES string of the molecule is O=C1NC(=O)[C@H](Cc2ccc(OCCc3ccc(C(=O)O)cn3)cc2)S1. The molecule has 1 aliphatic rings. The van der Waals surface area contributed by atoms with E-state index in [4.69, 9.17) is 9.84 Å². The standard InChI is InChI=1S/C18H16N2O5S/c21-16-15(26-18(24)20-16)9-11-1-5-14(6-2-11)25-8-7-13-4-3-12(10-19-13)17(22)23/h1-6,10,15H,7-9H2,(H,22,23)(H,20,21,24)/t15-/m0/s1. The number of pyridine rings is 1. The normalized spacial score (nSPS) is 16.4. The third-order valence-electron chi connectivity index (χ3n) is 3.81. The van der Waals surface area contributed by atoms with E-state index in [2.05, 4.69) is 10.3 Å². The van der Waals surface area contributed by atoms with Crippen LogP contribution in [0, 0.1) is 0 Å². The third-order valence-corrected chi connectivity index (χ3v) is 4.79. The molecule has 1 fully saturated rings. The van der Waals surface area contributed by atoms with Gasteiger partial charge >= 0.3 is 5.97 Å². The van der Waals surface area contributed by atoms with Crippen molar-refractivity contribution in [3.8, 4) is 5.75 Å². The Balaban J connectivity index is 1.47. The molecule has 3 rings (SSSR count). The Kier molecular flexibility index (Phi) is 5.52. The molecule has 1 atom stereocenters. The number of carbonyl (C=O) groups is 3. The van der Waals surface area contributed by atoms with E-state index in [1.165, 1.54) is 12.3 Å². The predicted octanol–water partition coefficient (Wildman–Crippen LogP) is 2.30. The summed E-state index contributed by atoms with van der Waals surface area (Å²) in [5.74, 6) is -0.560. The first-order valence-electron chi connectivity index (χ1n) is 7.93. The number of carbonyl (C=O) groups excluding carboxylic acids is 2. The van der Waals surface area contributed by atoms with Crippen molar-refractivity contribution < 1.29 is 24.2 Å². The lowest BCUT2D eigenvalue weighted by atomic mass is 10.1. The van der Waals surface area contributed by atoms with E-state index in [-0.39, 0.29) is 22.0 Å². The summed E-state index contributed by atoms with van der Waals surface area (Å²) in [7, 11) is 0.